The molecule has 1 aliphatic heterocycles. The Morgan fingerprint density at radius 3 is 1.04 bits per heavy atom. The molecular formula is C61H121NO9. The molecule has 10 nitrogen and oxygen atoms in total. The van der Waals surface area contributed by atoms with Crippen LogP contribution in [0.15, 0.2) is 0 Å². The molecule has 10 heteroatoms. The highest BCUT2D eigenvalue weighted by atomic mass is 16.7. The molecule has 1 rings (SSSR count). The molecule has 424 valence electrons. The molecular weight excluding hydrogens is 891 g/mol. The van der Waals surface area contributed by atoms with Gasteiger partial charge in [-0.3, -0.25) is 4.79 Å². The van der Waals surface area contributed by atoms with Crippen LogP contribution in [0, 0.1) is 0 Å². The summed E-state index contributed by atoms with van der Waals surface area (Å²) in [6.07, 6.45) is 51.5. The normalized spacial score (nSPS) is 19.6. The van der Waals surface area contributed by atoms with Crippen LogP contribution in [0.3, 0.4) is 0 Å². The first kappa shape index (κ1) is 68.2. The molecule has 0 spiro atoms. The number of aliphatic hydroxyl groups is 6. The highest BCUT2D eigenvalue weighted by Gasteiger charge is 2.44. The van der Waals surface area contributed by atoms with Gasteiger partial charge in [0, 0.05) is 6.42 Å². The van der Waals surface area contributed by atoms with Crippen molar-refractivity contribution in [2.24, 2.45) is 0 Å². The minimum absolute atomic E-state index is 0.249. The van der Waals surface area contributed by atoms with Crippen molar-refractivity contribution >= 4 is 5.91 Å². The number of amides is 1. The Balaban J connectivity index is 2.14. The Labute approximate surface area is 438 Å². The van der Waals surface area contributed by atoms with Gasteiger partial charge in [-0.25, -0.2) is 0 Å². The van der Waals surface area contributed by atoms with E-state index in [0.29, 0.717) is 6.42 Å². The lowest BCUT2D eigenvalue weighted by molar-refractivity contribution is -0.303. The van der Waals surface area contributed by atoms with Gasteiger partial charge in [0.15, 0.2) is 6.29 Å². The number of carbonyl (C=O) groups excluding carboxylic acids is 1. The second-order valence-corrected chi connectivity index (χ2v) is 22.4. The number of aliphatic hydroxyl groups excluding tert-OH is 6. The lowest BCUT2D eigenvalue weighted by Gasteiger charge is -2.40. The Kier molecular flexibility index (Phi) is 49.2. The third kappa shape index (κ3) is 40.1. The Bertz CT molecular complexity index is 1100. The van der Waals surface area contributed by atoms with Crippen molar-refractivity contribution in [3.8, 4) is 0 Å². The zero-order valence-electron chi connectivity index (χ0n) is 46.9. The summed E-state index contributed by atoms with van der Waals surface area (Å²) in [5.74, 6) is -0.249. The quantitative estimate of drug-likeness (QED) is 0.0293. The van der Waals surface area contributed by atoms with Crippen LogP contribution in [0.4, 0.5) is 0 Å². The van der Waals surface area contributed by atoms with E-state index >= 15 is 0 Å². The summed E-state index contributed by atoms with van der Waals surface area (Å²) in [6.45, 7) is 3.66. The van der Waals surface area contributed by atoms with Crippen LogP contribution < -0.4 is 5.32 Å². The molecule has 0 aromatic carbocycles. The second kappa shape index (κ2) is 51.3. The second-order valence-electron chi connectivity index (χ2n) is 22.4. The maximum atomic E-state index is 13.1. The fourth-order valence-electron chi connectivity index (χ4n) is 10.6. The number of carbonyl (C=O) groups is 1. The Morgan fingerprint density at radius 2 is 0.732 bits per heavy atom. The van der Waals surface area contributed by atoms with Crippen LogP contribution in [-0.2, 0) is 14.3 Å². The third-order valence-corrected chi connectivity index (χ3v) is 15.6. The van der Waals surface area contributed by atoms with E-state index in [1.54, 1.807) is 0 Å². The van der Waals surface area contributed by atoms with Gasteiger partial charge < -0.3 is 45.4 Å². The van der Waals surface area contributed by atoms with Crippen molar-refractivity contribution in [3.63, 3.8) is 0 Å². The van der Waals surface area contributed by atoms with Gasteiger partial charge in [-0.1, -0.05) is 303 Å². The number of hydrogen-bond acceptors (Lipinski definition) is 9. The highest BCUT2D eigenvalue weighted by Crippen LogP contribution is 2.24. The van der Waals surface area contributed by atoms with E-state index in [1.165, 1.54) is 257 Å². The monoisotopic (exact) mass is 1010 g/mol. The summed E-state index contributed by atoms with van der Waals surface area (Å²) in [6, 6.07) is -0.986. The van der Waals surface area contributed by atoms with Crippen molar-refractivity contribution in [1.82, 2.24) is 5.32 Å². The molecule has 1 saturated heterocycles. The molecule has 0 bridgehead atoms. The third-order valence-electron chi connectivity index (χ3n) is 15.6. The molecule has 7 N–H and O–H groups in total. The molecule has 0 radical (unpaired) electrons. The van der Waals surface area contributed by atoms with Gasteiger partial charge in [0.1, 0.15) is 30.5 Å². The fraction of sp³-hybridized carbons (Fsp3) is 0.984. The lowest BCUT2D eigenvalue weighted by atomic mass is 9.98. The smallest absolute Gasteiger partial charge is 0.220 e. The SMILES string of the molecule is CCCCCCCCCCCCCCCCCCCCCCCCCCCCCCCCCC(=O)N[C@@H](CO[C@@H]1O[C@H](CO)[C@H](O)C(O)C1O)[C@H](O)[C@H](O)CCCCCCCCCCCCCCCCC. The number of unbranched alkanes of at least 4 members (excludes halogenated alkanes) is 44. The van der Waals surface area contributed by atoms with Crippen LogP contribution in [0.5, 0.6) is 0 Å². The summed E-state index contributed by atoms with van der Waals surface area (Å²) in [4.78, 5) is 13.1. The van der Waals surface area contributed by atoms with Gasteiger partial charge >= 0.3 is 0 Å². The van der Waals surface area contributed by atoms with Crippen molar-refractivity contribution < 1.29 is 44.9 Å². The first-order chi connectivity index (χ1) is 34.8. The zero-order valence-corrected chi connectivity index (χ0v) is 46.9. The van der Waals surface area contributed by atoms with Crippen LogP contribution in [-0.4, -0.2) is 98.7 Å². The first-order valence-corrected chi connectivity index (χ1v) is 31.3. The van der Waals surface area contributed by atoms with E-state index < -0.39 is 55.6 Å². The summed E-state index contributed by atoms with van der Waals surface area (Å²) < 4.78 is 11.2. The van der Waals surface area contributed by atoms with Crippen LogP contribution in [0.2, 0.25) is 0 Å². The topological polar surface area (TPSA) is 169 Å². The van der Waals surface area contributed by atoms with Crippen LogP contribution in [0.1, 0.15) is 322 Å². The summed E-state index contributed by atoms with van der Waals surface area (Å²) >= 11 is 0. The van der Waals surface area contributed by atoms with Crippen LogP contribution in [0.25, 0.3) is 0 Å². The predicted molar refractivity (Wildman–Crippen MR) is 297 cm³/mol. The van der Waals surface area contributed by atoms with Gasteiger partial charge in [0.2, 0.25) is 5.91 Å². The van der Waals surface area contributed by atoms with Crippen molar-refractivity contribution in [1.29, 1.82) is 0 Å². The number of ether oxygens (including phenoxy) is 2. The minimum atomic E-state index is -1.60. The zero-order chi connectivity index (χ0) is 51.7. The summed E-state index contributed by atoms with van der Waals surface area (Å²) in [7, 11) is 0. The molecule has 71 heavy (non-hydrogen) atoms. The van der Waals surface area contributed by atoms with E-state index in [2.05, 4.69) is 19.2 Å². The molecule has 8 atom stereocenters. The van der Waals surface area contributed by atoms with Crippen molar-refractivity contribution in [2.45, 2.75) is 371 Å². The molecule has 2 unspecified atom stereocenters. The fourth-order valence-corrected chi connectivity index (χ4v) is 10.6. The Hall–Kier alpha value is -0.850. The average molecular weight is 1010 g/mol. The number of nitrogens with one attached hydrogen (secondary N) is 1. The van der Waals surface area contributed by atoms with Crippen LogP contribution >= 0.6 is 0 Å². The standard InChI is InChI=1S/C61H121NO9/c1-3-5-7-9-11-13-15-17-19-20-21-22-23-24-25-26-27-28-29-30-31-32-33-34-36-38-40-42-44-46-48-50-56(65)62-53(52-70-61-60(69)59(68)58(67)55(51-63)71-61)57(66)54(64)49-47-45-43-41-39-37-35-18-16-14-12-10-8-6-4-2/h53-55,57-61,63-64,66-69H,3-52H2,1-2H3,(H,62,65)/t53-,54+,55+,57-,58-,59?,60?,61+/m0/s1. The maximum absolute atomic E-state index is 13.1. The molecule has 1 amide bonds. The van der Waals surface area contributed by atoms with Gasteiger partial charge in [-0.15, -0.1) is 0 Å². The van der Waals surface area contributed by atoms with Gasteiger partial charge in [0.05, 0.1) is 25.4 Å². The molecule has 1 aliphatic rings. The molecule has 0 saturated carbocycles. The average Bonchev–Trinajstić information content (AvgIpc) is 3.37. The molecule has 0 aromatic heterocycles. The highest BCUT2D eigenvalue weighted by molar-refractivity contribution is 5.76. The lowest BCUT2D eigenvalue weighted by Crippen LogP contribution is -2.60. The van der Waals surface area contributed by atoms with Gasteiger partial charge in [-0.2, -0.15) is 0 Å². The van der Waals surface area contributed by atoms with Gasteiger partial charge in [-0.05, 0) is 12.8 Å². The molecule has 0 aromatic rings. The number of rotatable bonds is 55. The largest absolute Gasteiger partial charge is 0.394 e. The van der Waals surface area contributed by atoms with Gasteiger partial charge in [0.25, 0.3) is 0 Å². The molecule has 1 fully saturated rings. The first-order valence-electron chi connectivity index (χ1n) is 31.3. The maximum Gasteiger partial charge on any atom is 0.220 e. The Morgan fingerprint density at radius 1 is 0.437 bits per heavy atom. The minimum Gasteiger partial charge on any atom is -0.394 e. The summed E-state index contributed by atoms with van der Waals surface area (Å²) in [5.41, 5.74) is 0. The van der Waals surface area contributed by atoms with E-state index in [1.807, 2.05) is 0 Å². The van der Waals surface area contributed by atoms with E-state index in [-0.39, 0.29) is 18.9 Å². The number of hydrogen-bond donors (Lipinski definition) is 7. The van der Waals surface area contributed by atoms with Crippen molar-refractivity contribution in [2.75, 3.05) is 13.2 Å². The van der Waals surface area contributed by atoms with Crippen molar-refractivity contribution in [3.05, 3.63) is 0 Å². The summed E-state index contributed by atoms with van der Waals surface area (Å²) in [5, 5.41) is 65.6. The molecule has 0 aliphatic carbocycles. The predicted octanol–water partition coefficient (Wildman–Crippen LogP) is 14.8. The van der Waals surface area contributed by atoms with E-state index in [4.69, 9.17) is 9.47 Å². The van der Waals surface area contributed by atoms with E-state index in [9.17, 15) is 35.4 Å². The molecule has 1 heterocycles. The van der Waals surface area contributed by atoms with E-state index in [0.717, 1.165) is 38.5 Å².